The minimum Gasteiger partial charge on any atom is -0.208 e. The van der Waals surface area contributed by atoms with Crippen molar-refractivity contribution in [3.8, 4) is 0 Å². The van der Waals surface area contributed by atoms with E-state index in [0.29, 0.717) is 0 Å². The van der Waals surface area contributed by atoms with Crippen LogP contribution in [0.2, 0.25) is 118 Å². The van der Waals surface area contributed by atoms with E-state index >= 15 is 26.3 Å². The first kappa shape index (κ1) is 42.0. The topological polar surface area (TPSA) is 0 Å². The Morgan fingerprint density at radius 1 is 0.286 bits per heavy atom. The number of halogens is 6. The third kappa shape index (κ3) is 8.16. The van der Waals surface area contributed by atoms with E-state index in [1.165, 1.54) is 0 Å². The van der Waals surface area contributed by atoms with Gasteiger partial charge in [-0.2, -0.15) is 0 Å². The van der Waals surface area contributed by atoms with Gasteiger partial charge < -0.3 is 0 Å². The lowest BCUT2D eigenvalue weighted by Crippen LogP contribution is -2.68. The van der Waals surface area contributed by atoms with Crippen molar-refractivity contribution in [3.63, 3.8) is 0 Å². The van der Waals surface area contributed by atoms with Crippen molar-refractivity contribution < 1.29 is 26.3 Å². The Kier molecular flexibility index (Phi) is 11.3. The van der Waals surface area contributed by atoms with Crippen molar-refractivity contribution in [1.29, 1.82) is 0 Å². The van der Waals surface area contributed by atoms with Gasteiger partial charge in [0.25, 0.3) is 6.71 Å². The standard InChI is InChI=1S/C36H57BF6Si6/c1-44(2,3)22-19-23(45(4,5)6)32(39)28(31(22)38)37(29-33(40)24(46(7,8)9)20-25(34(29)41)47(10,11)12)30-35(42)26(48(13,14)15)21-27(36(30)43)49(16,17)18/h19-21H,1-18H3. The quantitative estimate of drug-likeness (QED) is 0.177. The summed E-state index contributed by atoms with van der Waals surface area (Å²) in [6, 6.07) is 4.75. The molecule has 0 N–H and O–H groups in total. The van der Waals surface area contributed by atoms with Gasteiger partial charge in [-0.25, -0.2) is 26.3 Å². The zero-order valence-electron chi connectivity index (χ0n) is 33.1. The predicted octanol–water partition coefficient (Wildman–Crippen LogP) is 6.31. The summed E-state index contributed by atoms with van der Waals surface area (Å²) in [4.78, 5) is 0. The van der Waals surface area contributed by atoms with Crippen molar-refractivity contribution in [2.24, 2.45) is 0 Å². The van der Waals surface area contributed by atoms with Crippen LogP contribution in [-0.2, 0) is 0 Å². The van der Waals surface area contributed by atoms with Crippen LogP contribution in [0.3, 0.4) is 0 Å². The van der Waals surface area contributed by atoms with Crippen LogP contribution in [0.15, 0.2) is 18.2 Å². The average Bonchev–Trinajstić information content (AvgIpc) is 2.83. The van der Waals surface area contributed by atoms with Crippen LogP contribution in [0.5, 0.6) is 0 Å². The molecule has 0 unspecified atom stereocenters. The van der Waals surface area contributed by atoms with Gasteiger partial charge in [0.15, 0.2) is 0 Å². The Balaban J connectivity index is 2.96. The lowest BCUT2D eigenvalue weighted by Gasteiger charge is -2.33. The molecule has 0 spiro atoms. The Bertz CT molecular complexity index is 1460. The maximum absolute atomic E-state index is 17.4. The van der Waals surface area contributed by atoms with E-state index in [1.807, 2.05) is 118 Å². The van der Waals surface area contributed by atoms with Crippen molar-refractivity contribution in [2.45, 2.75) is 118 Å². The molecule has 0 saturated carbocycles. The maximum atomic E-state index is 17.4. The van der Waals surface area contributed by atoms with E-state index in [-0.39, 0.29) is 31.1 Å². The molecule has 0 aliphatic carbocycles. The van der Waals surface area contributed by atoms with Crippen LogP contribution in [0.4, 0.5) is 26.3 Å². The molecule has 0 nitrogen and oxygen atoms in total. The molecule has 0 aromatic heterocycles. The molecule has 0 heterocycles. The molecule has 0 fully saturated rings. The van der Waals surface area contributed by atoms with Crippen LogP contribution >= 0.6 is 0 Å². The first-order valence-electron chi connectivity index (χ1n) is 17.2. The normalized spacial score (nSPS) is 13.7. The van der Waals surface area contributed by atoms with Gasteiger partial charge in [0.2, 0.25) is 0 Å². The summed E-state index contributed by atoms with van der Waals surface area (Å²) in [6.45, 7) is 32.5. The van der Waals surface area contributed by atoms with Crippen molar-refractivity contribution >= 4 is 103 Å². The van der Waals surface area contributed by atoms with E-state index in [2.05, 4.69) is 0 Å². The smallest absolute Gasteiger partial charge is 0.208 e. The monoisotopic (exact) mass is 782 g/mol. The fourth-order valence-corrected chi connectivity index (χ4v) is 15.1. The van der Waals surface area contributed by atoms with Crippen molar-refractivity contribution in [2.75, 3.05) is 0 Å². The minimum atomic E-state index is -2.57. The Labute approximate surface area is 298 Å². The molecule has 0 saturated heterocycles. The van der Waals surface area contributed by atoms with Crippen molar-refractivity contribution in [3.05, 3.63) is 53.1 Å². The highest BCUT2D eigenvalue weighted by atomic mass is 28.3. The zero-order chi connectivity index (χ0) is 38.4. The van der Waals surface area contributed by atoms with Crippen LogP contribution in [0.1, 0.15) is 0 Å². The van der Waals surface area contributed by atoms with E-state index in [9.17, 15) is 0 Å². The third-order valence-corrected chi connectivity index (χ3v) is 21.3. The van der Waals surface area contributed by atoms with Gasteiger partial charge in [-0.05, 0) is 31.1 Å². The fraction of sp³-hybridized carbons (Fsp3) is 0.500. The summed E-state index contributed by atoms with van der Waals surface area (Å²) in [7, 11) is -15.4. The highest BCUT2D eigenvalue weighted by Gasteiger charge is 2.46. The summed E-state index contributed by atoms with van der Waals surface area (Å²) in [5.74, 6) is -5.74. The molecule has 0 bridgehead atoms. The van der Waals surface area contributed by atoms with E-state index in [4.69, 9.17) is 0 Å². The second-order valence-corrected chi connectivity index (χ2v) is 50.2. The second kappa shape index (κ2) is 13.2. The van der Waals surface area contributed by atoms with E-state index < -0.39 is 106 Å². The minimum absolute atomic E-state index is 0.284. The summed E-state index contributed by atoms with van der Waals surface area (Å²) in [6.07, 6.45) is 0. The van der Waals surface area contributed by atoms with Crippen LogP contribution in [-0.4, -0.2) is 55.2 Å². The molecule has 270 valence electrons. The van der Waals surface area contributed by atoms with Gasteiger partial charge >= 0.3 is 0 Å². The average molecular weight is 783 g/mol. The van der Waals surface area contributed by atoms with Gasteiger partial charge in [0, 0.05) is 16.4 Å². The molecule has 0 radical (unpaired) electrons. The molecule has 49 heavy (non-hydrogen) atoms. The van der Waals surface area contributed by atoms with Crippen LogP contribution < -0.4 is 47.5 Å². The fourth-order valence-electron chi connectivity index (χ4n) is 6.44. The Morgan fingerprint density at radius 2 is 0.408 bits per heavy atom. The largest absolute Gasteiger partial charge is 0.264 e. The number of hydrogen-bond acceptors (Lipinski definition) is 0. The lowest BCUT2D eigenvalue weighted by atomic mass is 9.36. The van der Waals surface area contributed by atoms with Gasteiger partial charge in [-0.1, -0.05) is 136 Å². The predicted molar refractivity (Wildman–Crippen MR) is 222 cm³/mol. The molecule has 13 heteroatoms. The number of benzene rings is 3. The second-order valence-electron chi connectivity index (χ2n) is 20.0. The number of hydrogen-bond donors (Lipinski definition) is 0. The molecular formula is C36H57BF6Si6. The lowest BCUT2D eigenvalue weighted by molar-refractivity contribution is 0.597. The highest BCUT2D eigenvalue weighted by Crippen LogP contribution is 2.18. The van der Waals surface area contributed by atoms with E-state index in [0.717, 1.165) is 0 Å². The van der Waals surface area contributed by atoms with Gasteiger partial charge in [-0.3, -0.25) is 0 Å². The molecule has 0 amide bonds. The molecule has 3 rings (SSSR count). The maximum Gasteiger partial charge on any atom is 0.264 e. The van der Waals surface area contributed by atoms with Crippen molar-refractivity contribution in [1.82, 2.24) is 0 Å². The molecule has 0 atom stereocenters. The van der Waals surface area contributed by atoms with Crippen LogP contribution in [0.25, 0.3) is 0 Å². The first-order valence-corrected chi connectivity index (χ1v) is 38.2. The SMILES string of the molecule is C[Si](C)(C)c1cc([Si](C)(C)C)c(F)c(B(c2c(F)c([Si](C)(C)C)cc([Si](C)(C)C)c2F)c2c(F)c([Si](C)(C)C)cc([Si](C)(C)C)c2F)c1F. The first-order chi connectivity index (χ1) is 21.6. The third-order valence-electron chi connectivity index (χ3n) is 9.42. The molecular weight excluding hydrogens is 726 g/mol. The molecule has 3 aromatic rings. The summed E-state index contributed by atoms with van der Waals surface area (Å²) in [5, 5.41) is 1.70. The number of rotatable bonds is 9. The molecule has 3 aromatic carbocycles. The summed E-state index contributed by atoms with van der Waals surface area (Å²) < 4.78 is 105. The molecule has 0 aliphatic heterocycles. The van der Waals surface area contributed by atoms with Gasteiger partial charge in [-0.15, -0.1) is 0 Å². The van der Waals surface area contributed by atoms with Gasteiger partial charge in [0.1, 0.15) is 34.9 Å². The Morgan fingerprint density at radius 3 is 0.510 bits per heavy atom. The summed E-state index contributed by atoms with van der Waals surface area (Å²) in [5.41, 5.74) is -1.93. The highest BCUT2D eigenvalue weighted by molar-refractivity contribution is 7.01. The zero-order valence-corrected chi connectivity index (χ0v) is 39.1. The Hall–Kier alpha value is -1.39. The summed E-state index contributed by atoms with van der Waals surface area (Å²) >= 11 is 0. The van der Waals surface area contributed by atoms with E-state index in [1.54, 1.807) is 18.2 Å². The van der Waals surface area contributed by atoms with Gasteiger partial charge in [0.05, 0.1) is 48.4 Å². The molecule has 0 aliphatic rings. The van der Waals surface area contributed by atoms with Crippen LogP contribution in [0, 0.1) is 34.9 Å².